The van der Waals surface area contributed by atoms with Gasteiger partial charge in [0.25, 0.3) is 0 Å². The second kappa shape index (κ2) is 4.21. The summed E-state index contributed by atoms with van der Waals surface area (Å²) in [7, 11) is 0. The summed E-state index contributed by atoms with van der Waals surface area (Å²) in [6.07, 6.45) is 5.04. The first-order chi connectivity index (χ1) is 7.27. The van der Waals surface area contributed by atoms with Crippen LogP contribution in [0.3, 0.4) is 0 Å². The molecule has 1 fully saturated rings. The number of hydrogen-bond donors (Lipinski definition) is 0. The predicted octanol–water partition coefficient (Wildman–Crippen LogP) is 2.98. The third-order valence-electron chi connectivity index (χ3n) is 3.26. The van der Waals surface area contributed by atoms with E-state index in [2.05, 4.69) is 29.8 Å². The molecular weight excluding hydrogens is 186 g/mol. The number of rotatable bonds is 5. The molecule has 2 nitrogen and oxygen atoms in total. The number of hydrogen-bond acceptors (Lipinski definition) is 1. The lowest BCUT2D eigenvalue weighted by molar-refractivity contribution is -0.120. The number of carbonyl (C=O) groups is 1. The molecule has 0 saturated heterocycles. The van der Waals surface area contributed by atoms with E-state index in [1.54, 1.807) is 0 Å². The zero-order valence-corrected chi connectivity index (χ0v) is 9.57. The quantitative estimate of drug-likeness (QED) is 0.724. The van der Waals surface area contributed by atoms with E-state index in [4.69, 9.17) is 0 Å². The monoisotopic (exact) mass is 205 g/mol. The van der Waals surface area contributed by atoms with Crippen molar-refractivity contribution in [1.29, 1.82) is 0 Å². The van der Waals surface area contributed by atoms with Gasteiger partial charge in [0.2, 0.25) is 0 Å². The van der Waals surface area contributed by atoms with Crippen molar-refractivity contribution in [2.75, 3.05) is 0 Å². The summed E-state index contributed by atoms with van der Waals surface area (Å²) in [5.41, 5.74) is 1.36. The SMILES string of the molecule is CCCn1cccc1C1CC1C(=O)CC. The van der Waals surface area contributed by atoms with Gasteiger partial charge in [0.05, 0.1) is 0 Å². The van der Waals surface area contributed by atoms with Crippen molar-refractivity contribution in [3.05, 3.63) is 24.0 Å². The van der Waals surface area contributed by atoms with Crippen LogP contribution in [0.15, 0.2) is 18.3 Å². The maximum Gasteiger partial charge on any atom is 0.136 e. The summed E-state index contributed by atoms with van der Waals surface area (Å²) in [6, 6.07) is 4.26. The van der Waals surface area contributed by atoms with Crippen LogP contribution in [0.2, 0.25) is 0 Å². The molecule has 2 heteroatoms. The van der Waals surface area contributed by atoms with Gasteiger partial charge < -0.3 is 4.57 Å². The van der Waals surface area contributed by atoms with E-state index in [1.165, 1.54) is 5.69 Å². The van der Waals surface area contributed by atoms with Crippen LogP contribution in [0.25, 0.3) is 0 Å². The fourth-order valence-corrected chi connectivity index (χ4v) is 2.35. The summed E-state index contributed by atoms with van der Waals surface area (Å²) in [6.45, 7) is 5.22. The minimum atomic E-state index is 0.320. The van der Waals surface area contributed by atoms with E-state index in [-0.39, 0.29) is 0 Å². The summed E-state index contributed by atoms with van der Waals surface area (Å²) >= 11 is 0. The Hall–Kier alpha value is -1.05. The largest absolute Gasteiger partial charge is 0.351 e. The summed E-state index contributed by atoms with van der Waals surface area (Å²) in [5.74, 6) is 1.27. The van der Waals surface area contributed by atoms with Gasteiger partial charge in [-0.15, -0.1) is 0 Å². The van der Waals surface area contributed by atoms with Gasteiger partial charge in [-0.05, 0) is 25.0 Å². The molecule has 82 valence electrons. The topological polar surface area (TPSA) is 22.0 Å². The van der Waals surface area contributed by atoms with Gasteiger partial charge in [0, 0.05) is 36.7 Å². The summed E-state index contributed by atoms with van der Waals surface area (Å²) < 4.78 is 2.30. The molecule has 1 aromatic heterocycles. The molecule has 2 rings (SSSR count). The molecule has 0 aromatic carbocycles. The lowest BCUT2D eigenvalue weighted by Gasteiger charge is -2.06. The van der Waals surface area contributed by atoms with Crippen molar-refractivity contribution in [2.45, 2.75) is 45.6 Å². The zero-order chi connectivity index (χ0) is 10.8. The average Bonchev–Trinajstić information content (AvgIpc) is 2.91. The Morgan fingerprint density at radius 1 is 1.53 bits per heavy atom. The molecule has 15 heavy (non-hydrogen) atoms. The number of Topliss-reactive ketones (excluding diaryl/α,β-unsaturated/α-hetero) is 1. The van der Waals surface area contributed by atoms with Crippen LogP contribution in [0.4, 0.5) is 0 Å². The van der Waals surface area contributed by atoms with E-state index < -0.39 is 0 Å². The Kier molecular flexibility index (Phi) is 2.94. The number of aryl methyl sites for hydroxylation is 1. The molecule has 2 unspecified atom stereocenters. The van der Waals surface area contributed by atoms with Gasteiger partial charge in [-0.3, -0.25) is 4.79 Å². The van der Waals surface area contributed by atoms with Gasteiger partial charge in [0.15, 0.2) is 0 Å². The van der Waals surface area contributed by atoms with Crippen molar-refractivity contribution in [3.8, 4) is 0 Å². The first kappa shape index (κ1) is 10.5. The van der Waals surface area contributed by atoms with Crippen molar-refractivity contribution in [2.24, 2.45) is 5.92 Å². The van der Waals surface area contributed by atoms with Crippen LogP contribution in [-0.4, -0.2) is 10.4 Å². The van der Waals surface area contributed by atoms with Gasteiger partial charge in [0.1, 0.15) is 5.78 Å². The number of aromatic nitrogens is 1. The minimum Gasteiger partial charge on any atom is -0.351 e. The fourth-order valence-electron chi connectivity index (χ4n) is 2.35. The zero-order valence-electron chi connectivity index (χ0n) is 9.57. The van der Waals surface area contributed by atoms with Crippen LogP contribution in [-0.2, 0) is 11.3 Å². The summed E-state index contributed by atoms with van der Waals surface area (Å²) in [5, 5.41) is 0. The normalized spacial score (nSPS) is 24.1. The van der Waals surface area contributed by atoms with Crippen LogP contribution in [0, 0.1) is 5.92 Å². The van der Waals surface area contributed by atoms with E-state index in [0.29, 0.717) is 24.0 Å². The highest BCUT2D eigenvalue weighted by molar-refractivity contribution is 5.84. The van der Waals surface area contributed by atoms with E-state index >= 15 is 0 Å². The third kappa shape index (κ3) is 1.99. The molecule has 1 aromatic rings. The van der Waals surface area contributed by atoms with Crippen molar-refractivity contribution in [3.63, 3.8) is 0 Å². The highest BCUT2D eigenvalue weighted by Crippen LogP contribution is 2.48. The second-order valence-electron chi connectivity index (χ2n) is 4.40. The Morgan fingerprint density at radius 2 is 2.33 bits per heavy atom. The number of nitrogens with zero attached hydrogens (tertiary/aromatic N) is 1. The molecule has 1 aliphatic rings. The van der Waals surface area contributed by atoms with Crippen molar-refractivity contribution in [1.82, 2.24) is 4.57 Å². The predicted molar refractivity (Wildman–Crippen MR) is 60.9 cm³/mol. The second-order valence-corrected chi connectivity index (χ2v) is 4.40. The fraction of sp³-hybridized carbons (Fsp3) is 0.615. The third-order valence-corrected chi connectivity index (χ3v) is 3.26. The molecular formula is C13H19NO. The van der Waals surface area contributed by atoms with Crippen molar-refractivity contribution < 1.29 is 4.79 Å². The lowest BCUT2D eigenvalue weighted by Crippen LogP contribution is -2.04. The molecule has 1 heterocycles. The first-order valence-electron chi connectivity index (χ1n) is 5.95. The standard InChI is InChI=1S/C13H19NO/c1-3-7-14-8-5-6-12(14)10-9-11(10)13(15)4-2/h5-6,8,10-11H,3-4,7,9H2,1-2H3. The van der Waals surface area contributed by atoms with Gasteiger partial charge >= 0.3 is 0 Å². The van der Waals surface area contributed by atoms with E-state index in [1.807, 2.05) is 6.92 Å². The van der Waals surface area contributed by atoms with Crippen LogP contribution in [0.1, 0.15) is 44.7 Å². The maximum atomic E-state index is 11.5. The first-order valence-corrected chi connectivity index (χ1v) is 5.95. The Morgan fingerprint density at radius 3 is 3.00 bits per heavy atom. The highest BCUT2D eigenvalue weighted by Gasteiger charge is 2.43. The van der Waals surface area contributed by atoms with Crippen molar-refractivity contribution >= 4 is 5.78 Å². The molecule has 0 spiro atoms. The molecule has 0 aliphatic heterocycles. The number of ketones is 1. The van der Waals surface area contributed by atoms with Crippen LogP contribution in [0.5, 0.6) is 0 Å². The Balaban J connectivity index is 2.06. The molecule has 0 radical (unpaired) electrons. The maximum absolute atomic E-state index is 11.5. The smallest absolute Gasteiger partial charge is 0.136 e. The van der Waals surface area contributed by atoms with Gasteiger partial charge in [-0.2, -0.15) is 0 Å². The number of carbonyl (C=O) groups excluding carboxylic acids is 1. The van der Waals surface area contributed by atoms with Crippen LogP contribution >= 0.6 is 0 Å². The highest BCUT2D eigenvalue weighted by atomic mass is 16.1. The molecule has 0 N–H and O–H groups in total. The van der Waals surface area contributed by atoms with Gasteiger partial charge in [-0.25, -0.2) is 0 Å². The Bertz CT molecular complexity index is 353. The summed E-state index contributed by atoms with van der Waals surface area (Å²) in [4.78, 5) is 11.5. The van der Waals surface area contributed by atoms with Crippen LogP contribution < -0.4 is 0 Å². The van der Waals surface area contributed by atoms with E-state index in [0.717, 1.165) is 19.4 Å². The molecule has 2 atom stereocenters. The lowest BCUT2D eigenvalue weighted by atomic mass is 10.1. The van der Waals surface area contributed by atoms with E-state index in [9.17, 15) is 4.79 Å². The molecule has 0 amide bonds. The average molecular weight is 205 g/mol. The Labute approximate surface area is 91.3 Å². The molecule has 1 aliphatic carbocycles. The van der Waals surface area contributed by atoms with Gasteiger partial charge in [-0.1, -0.05) is 13.8 Å². The molecule has 0 bridgehead atoms. The minimum absolute atomic E-state index is 0.320. The molecule has 1 saturated carbocycles.